The van der Waals surface area contributed by atoms with E-state index in [9.17, 15) is 32.8 Å². The van der Waals surface area contributed by atoms with Crippen LogP contribution in [0.2, 0.25) is 0 Å². The van der Waals surface area contributed by atoms with Crippen LogP contribution in [0.25, 0.3) is 10.9 Å². The van der Waals surface area contributed by atoms with Gasteiger partial charge in [-0.05, 0) is 53.2 Å². The van der Waals surface area contributed by atoms with Crippen LogP contribution in [0.5, 0.6) is 0 Å². The Hall–Kier alpha value is -3.88. The van der Waals surface area contributed by atoms with Gasteiger partial charge in [-0.25, -0.2) is 0 Å². The summed E-state index contributed by atoms with van der Waals surface area (Å²) in [6.07, 6.45) is -4.37. The normalized spacial score (nSPS) is 21.5. The molecule has 0 spiro atoms. The van der Waals surface area contributed by atoms with Gasteiger partial charge in [0.2, 0.25) is 11.8 Å². The maximum absolute atomic E-state index is 13.8. The van der Waals surface area contributed by atoms with Gasteiger partial charge in [-0.15, -0.1) is 0 Å². The molecular formula is C30H38F3N5O4. The lowest BCUT2D eigenvalue weighted by Crippen LogP contribution is -2.53. The molecule has 3 amide bonds. The minimum absolute atomic E-state index is 0.00479. The first kappa shape index (κ1) is 32.6. The van der Waals surface area contributed by atoms with Crippen molar-refractivity contribution in [2.45, 2.75) is 72.6 Å². The number of nitrogens with one attached hydrogen (secondary N) is 1. The van der Waals surface area contributed by atoms with Gasteiger partial charge >= 0.3 is 12.1 Å². The average Bonchev–Trinajstić information content (AvgIpc) is 3.19. The van der Waals surface area contributed by atoms with Gasteiger partial charge in [0.25, 0.3) is 5.56 Å². The van der Waals surface area contributed by atoms with Crippen molar-refractivity contribution in [1.82, 2.24) is 14.8 Å². The summed E-state index contributed by atoms with van der Waals surface area (Å²) in [4.78, 5) is 54.8. The number of fused-ring (bicyclic) bond motifs is 2. The summed E-state index contributed by atoms with van der Waals surface area (Å²) in [5.74, 6) is -2.10. The van der Waals surface area contributed by atoms with E-state index in [4.69, 9.17) is 4.79 Å². The molecule has 4 rings (SSSR count). The molecule has 3 unspecified atom stereocenters. The lowest BCUT2D eigenvalue weighted by molar-refractivity contribution is -0.169. The summed E-state index contributed by atoms with van der Waals surface area (Å²) in [5.41, 5.74) is 5.64. The fourth-order valence-electron chi connectivity index (χ4n) is 5.74. The van der Waals surface area contributed by atoms with Crippen LogP contribution in [-0.2, 0) is 20.8 Å². The van der Waals surface area contributed by atoms with E-state index in [0.29, 0.717) is 24.4 Å². The number of carbonyl (C=O) groups excluding carboxylic acids is 3. The van der Waals surface area contributed by atoms with E-state index in [1.165, 1.54) is 4.90 Å². The summed E-state index contributed by atoms with van der Waals surface area (Å²) in [5, 5.41) is 10.9. The number of benzene rings is 1. The molecule has 2 aliphatic rings. The van der Waals surface area contributed by atoms with Gasteiger partial charge in [0.05, 0.1) is 6.07 Å². The summed E-state index contributed by atoms with van der Waals surface area (Å²) in [7, 11) is 1.62. The summed E-state index contributed by atoms with van der Waals surface area (Å²) < 4.78 is 32.1. The molecule has 2 aromatic rings. The Balaban J connectivity index is 0.000000616. The molecular weight excluding hydrogens is 551 g/mol. The molecule has 1 aromatic heterocycles. The summed E-state index contributed by atoms with van der Waals surface area (Å²) in [6, 6.07) is 8.43. The number of rotatable bonds is 5. The van der Waals surface area contributed by atoms with Crippen molar-refractivity contribution >= 4 is 28.6 Å². The fourth-order valence-corrected chi connectivity index (χ4v) is 5.74. The molecule has 1 aliphatic carbocycles. The molecule has 228 valence electrons. The molecule has 0 radical (unpaired) electrons. The van der Waals surface area contributed by atoms with Crippen molar-refractivity contribution in [2.24, 2.45) is 28.4 Å². The van der Waals surface area contributed by atoms with Crippen LogP contribution in [0.1, 0.15) is 52.2 Å². The SMILES string of the molecule is Cc1ccc2[nH]c(=O)c(CC(C#N)N(C)C(=O)[C@@H]3C4C(CN3C(=O)CC(C)(C)C)C4(C)C)cc2c1.NC(=O)C(F)(F)F. The highest BCUT2D eigenvalue weighted by atomic mass is 19.4. The Labute approximate surface area is 242 Å². The number of aromatic nitrogens is 1. The highest BCUT2D eigenvalue weighted by Gasteiger charge is 2.69. The lowest BCUT2D eigenvalue weighted by Gasteiger charge is -2.35. The van der Waals surface area contributed by atoms with Gasteiger partial charge in [0.1, 0.15) is 12.1 Å². The molecule has 1 saturated heterocycles. The lowest BCUT2D eigenvalue weighted by atomic mass is 9.90. The predicted molar refractivity (Wildman–Crippen MR) is 151 cm³/mol. The van der Waals surface area contributed by atoms with Gasteiger partial charge in [0.15, 0.2) is 0 Å². The maximum atomic E-state index is 13.8. The van der Waals surface area contributed by atoms with E-state index in [1.807, 2.05) is 45.9 Å². The molecule has 2 heterocycles. The van der Waals surface area contributed by atoms with E-state index in [2.05, 4.69) is 30.6 Å². The standard InChI is InChI=1S/C28H36N4O3.C2H2F3NO/c1-16-8-9-21-17(10-16)11-18(25(34)30-21)12-19(14-29)31(7)26(35)24-23-20(28(23,5)6)15-32(24)22(33)13-27(2,3)4;3-2(4,5)1(6)7/h8-11,19-20,23-24H,12-13,15H2,1-7H3,(H,30,34);(H2,6,7)/t19?,20?,23?,24-;/m0./s1. The number of nitriles is 1. The molecule has 9 nitrogen and oxygen atoms in total. The highest BCUT2D eigenvalue weighted by molar-refractivity contribution is 5.90. The molecule has 1 aliphatic heterocycles. The number of carbonyl (C=O) groups is 3. The Morgan fingerprint density at radius 3 is 2.33 bits per heavy atom. The zero-order chi connectivity index (χ0) is 31.9. The number of aryl methyl sites for hydroxylation is 1. The monoisotopic (exact) mass is 589 g/mol. The van der Waals surface area contributed by atoms with Crippen LogP contribution < -0.4 is 11.3 Å². The summed E-state index contributed by atoms with van der Waals surface area (Å²) >= 11 is 0. The third-order valence-corrected chi connectivity index (χ3v) is 8.20. The van der Waals surface area contributed by atoms with Crippen LogP contribution in [0.3, 0.4) is 0 Å². The van der Waals surface area contributed by atoms with E-state index in [1.54, 1.807) is 18.0 Å². The van der Waals surface area contributed by atoms with Crippen LogP contribution in [0, 0.1) is 40.9 Å². The first-order valence-corrected chi connectivity index (χ1v) is 13.6. The second kappa shape index (κ2) is 11.4. The van der Waals surface area contributed by atoms with E-state index in [-0.39, 0.29) is 40.5 Å². The third kappa shape index (κ3) is 6.94. The number of H-pyrrole nitrogens is 1. The summed E-state index contributed by atoms with van der Waals surface area (Å²) in [6.45, 7) is 12.9. The fraction of sp³-hybridized carbons (Fsp3) is 0.567. The Bertz CT molecular complexity index is 1490. The largest absolute Gasteiger partial charge is 0.470 e. The number of hydrogen-bond acceptors (Lipinski definition) is 5. The Kier molecular flexibility index (Phi) is 8.87. The molecule has 4 atom stereocenters. The van der Waals surface area contributed by atoms with Crippen molar-refractivity contribution < 1.29 is 27.6 Å². The second-order valence-corrected chi connectivity index (χ2v) is 13.1. The Morgan fingerprint density at radius 1 is 1.21 bits per heavy atom. The molecule has 42 heavy (non-hydrogen) atoms. The number of nitrogens with zero attached hydrogens (tertiary/aromatic N) is 3. The highest BCUT2D eigenvalue weighted by Crippen LogP contribution is 2.65. The van der Waals surface area contributed by atoms with Crippen molar-refractivity contribution in [3.63, 3.8) is 0 Å². The number of pyridine rings is 1. The number of likely N-dealkylation sites (tertiary alicyclic amines) is 1. The number of amides is 3. The van der Waals surface area contributed by atoms with Crippen molar-refractivity contribution in [3.8, 4) is 6.07 Å². The molecule has 2 fully saturated rings. The van der Waals surface area contributed by atoms with Gasteiger partial charge in [-0.1, -0.05) is 46.2 Å². The average molecular weight is 590 g/mol. The minimum Gasteiger partial charge on any atom is -0.362 e. The van der Waals surface area contributed by atoms with Crippen molar-refractivity contribution in [2.75, 3.05) is 13.6 Å². The number of piperidine rings is 1. The number of hydrogen-bond donors (Lipinski definition) is 2. The second-order valence-electron chi connectivity index (χ2n) is 13.1. The minimum atomic E-state index is -4.86. The van der Waals surface area contributed by atoms with Gasteiger partial charge in [-0.2, -0.15) is 18.4 Å². The third-order valence-electron chi connectivity index (χ3n) is 8.20. The zero-order valence-corrected chi connectivity index (χ0v) is 24.9. The van der Waals surface area contributed by atoms with E-state index in [0.717, 1.165) is 16.5 Å². The van der Waals surface area contributed by atoms with Gasteiger partial charge in [0, 0.05) is 37.5 Å². The number of nitrogens with two attached hydrogens (primary N) is 1. The Morgan fingerprint density at radius 2 is 1.81 bits per heavy atom. The van der Waals surface area contributed by atoms with Crippen LogP contribution >= 0.6 is 0 Å². The number of aromatic amines is 1. The van der Waals surface area contributed by atoms with E-state index < -0.39 is 24.2 Å². The molecule has 12 heteroatoms. The zero-order valence-electron chi connectivity index (χ0n) is 24.9. The van der Waals surface area contributed by atoms with Gasteiger partial charge in [-0.3, -0.25) is 19.2 Å². The number of likely N-dealkylation sites (N-methyl/N-ethyl adjacent to an activating group) is 1. The van der Waals surface area contributed by atoms with E-state index >= 15 is 0 Å². The number of halogens is 3. The number of alkyl halides is 3. The molecule has 0 bridgehead atoms. The molecule has 1 saturated carbocycles. The van der Waals surface area contributed by atoms with Gasteiger partial charge < -0.3 is 20.5 Å². The molecule has 3 N–H and O–H groups in total. The van der Waals surface area contributed by atoms with Crippen LogP contribution in [-0.4, -0.2) is 64.4 Å². The van der Waals surface area contributed by atoms with Crippen LogP contribution in [0.4, 0.5) is 13.2 Å². The first-order chi connectivity index (χ1) is 19.2. The maximum Gasteiger partial charge on any atom is 0.470 e. The smallest absolute Gasteiger partial charge is 0.362 e. The van der Waals surface area contributed by atoms with Crippen molar-refractivity contribution in [3.05, 3.63) is 45.7 Å². The topological polar surface area (TPSA) is 140 Å². The predicted octanol–water partition coefficient (Wildman–Crippen LogP) is 3.68. The quantitative estimate of drug-likeness (QED) is 0.548. The first-order valence-electron chi connectivity index (χ1n) is 13.6. The number of primary amides is 1. The van der Waals surface area contributed by atoms with Crippen molar-refractivity contribution in [1.29, 1.82) is 5.26 Å². The molecule has 1 aromatic carbocycles. The van der Waals surface area contributed by atoms with Crippen LogP contribution in [0.15, 0.2) is 29.1 Å².